The lowest BCUT2D eigenvalue weighted by Gasteiger charge is -2.34. The molecule has 0 aliphatic carbocycles. The zero-order valence-electron chi connectivity index (χ0n) is 10.6. The van der Waals surface area contributed by atoms with Crippen molar-refractivity contribution in [3.8, 4) is 0 Å². The first-order chi connectivity index (χ1) is 8.12. The third-order valence-electron chi connectivity index (χ3n) is 3.31. The van der Waals surface area contributed by atoms with Crippen molar-refractivity contribution < 1.29 is 9.84 Å². The fourth-order valence-corrected chi connectivity index (χ4v) is 2.40. The number of hydrogen-bond donors (Lipinski definition) is 1. The summed E-state index contributed by atoms with van der Waals surface area (Å²) in [4.78, 5) is 2.14. The van der Waals surface area contributed by atoms with Crippen molar-refractivity contribution in [3.63, 3.8) is 0 Å². The van der Waals surface area contributed by atoms with Crippen molar-refractivity contribution in [2.75, 3.05) is 27.2 Å². The van der Waals surface area contributed by atoms with E-state index in [9.17, 15) is 5.11 Å². The quantitative estimate of drug-likeness (QED) is 0.863. The van der Waals surface area contributed by atoms with Crippen molar-refractivity contribution in [2.24, 2.45) is 0 Å². The molecule has 94 valence electrons. The Bertz CT molecular complexity index is 378. The molecule has 1 aromatic rings. The molecule has 1 N–H and O–H groups in total. The summed E-state index contributed by atoms with van der Waals surface area (Å²) in [5.41, 5.74) is 1.36. The summed E-state index contributed by atoms with van der Waals surface area (Å²) in [6, 6.07) is 8.04. The van der Waals surface area contributed by atoms with Crippen LogP contribution >= 0.6 is 0 Å². The van der Waals surface area contributed by atoms with Gasteiger partial charge in [0.25, 0.3) is 0 Å². The van der Waals surface area contributed by atoms with Crippen LogP contribution in [-0.2, 0) is 16.9 Å². The monoisotopic (exact) mass is 235 g/mol. The molecule has 0 radical (unpaired) electrons. The molecule has 1 atom stereocenters. The van der Waals surface area contributed by atoms with Crippen LogP contribution in [0.4, 0.5) is 0 Å². The Morgan fingerprint density at radius 1 is 1.35 bits per heavy atom. The van der Waals surface area contributed by atoms with Gasteiger partial charge in [0.2, 0.25) is 0 Å². The maximum Gasteiger partial charge on any atom is 0.113 e. The van der Waals surface area contributed by atoms with Crippen molar-refractivity contribution in [3.05, 3.63) is 35.4 Å². The van der Waals surface area contributed by atoms with Crippen LogP contribution in [0.15, 0.2) is 24.3 Å². The molecule has 1 heterocycles. The SMILES string of the molecule is CN(C)CCCC1(O)COCc2ccccc21. The molecule has 3 heteroatoms. The molecule has 1 aliphatic heterocycles. The fraction of sp³-hybridized carbons (Fsp3) is 0.571. The van der Waals surface area contributed by atoms with Crippen molar-refractivity contribution in [1.29, 1.82) is 0 Å². The normalized spacial score (nSPS) is 23.8. The topological polar surface area (TPSA) is 32.7 Å². The maximum atomic E-state index is 10.7. The van der Waals surface area contributed by atoms with E-state index in [-0.39, 0.29) is 0 Å². The highest BCUT2D eigenvalue weighted by atomic mass is 16.5. The first-order valence-corrected chi connectivity index (χ1v) is 6.15. The second-order valence-electron chi connectivity index (χ2n) is 5.09. The van der Waals surface area contributed by atoms with E-state index >= 15 is 0 Å². The largest absolute Gasteiger partial charge is 0.383 e. The zero-order chi connectivity index (χ0) is 12.3. The van der Waals surface area contributed by atoms with Gasteiger partial charge < -0.3 is 14.7 Å². The molecule has 1 aromatic carbocycles. The van der Waals surface area contributed by atoms with Gasteiger partial charge in [-0.1, -0.05) is 24.3 Å². The lowest BCUT2D eigenvalue weighted by atomic mass is 9.85. The predicted molar refractivity (Wildman–Crippen MR) is 67.8 cm³/mol. The van der Waals surface area contributed by atoms with Crippen LogP contribution < -0.4 is 0 Å². The molecule has 0 spiro atoms. The molecule has 17 heavy (non-hydrogen) atoms. The van der Waals surface area contributed by atoms with Crippen LogP contribution in [0.5, 0.6) is 0 Å². The highest BCUT2D eigenvalue weighted by molar-refractivity contribution is 5.33. The Balaban J connectivity index is 2.10. The molecule has 2 rings (SSSR count). The second kappa shape index (κ2) is 5.17. The number of ether oxygens (including phenoxy) is 1. The van der Waals surface area contributed by atoms with Crippen LogP contribution in [0.2, 0.25) is 0 Å². The number of rotatable bonds is 4. The van der Waals surface area contributed by atoms with Crippen molar-refractivity contribution >= 4 is 0 Å². The van der Waals surface area contributed by atoms with Gasteiger partial charge in [0.15, 0.2) is 0 Å². The minimum Gasteiger partial charge on any atom is -0.383 e. The fourth-order valence-electron chi connectivity index (χ4n) is 2.40. The highest BCUT2D eigenvalue weighted by Gasteiger charge is 2.34. The summed E-state index contributed by atoms with van der Waals surface area (Å²) in [6.07, 6.45) is 1.73. The van der Waals surface area contributed by atoms with Gasteiger partial charge in [0.05, 0.1) is 13.2 Å². The maximum absolute atomic E-state index is 10.7. The summed E-state index contributed by atoms with van der Waals surface area (Å²) >= 11 is 0. The lowest BCUT2D eigenvalue weighted by Crippen LogP contribution is -2.37. The Morgan fingerprint density at radius 3 is 2.88 bits per heavy atom. The smallest absolute Gasteiger partial charge is 0.113 e. The third kappa shape index (κ3) is 2.86. The number of aliphatic hydroxyl groups is 1. The van der Waals surface area contributed by atoms with Gasteiger partial charge in [-0.3, -0.25) is 0 Å². The molecule has 3 nitrogen and oxygen atoms in total. The Kier molecular flexibility index (Phi) is 3.82. The van der Waals surface area contributed by atoms with Gasteiger partial charge in [0, 0.05) is 0 Å². The van der Waals surface area contributed by atoms with Gasteiger partial charge in [-0.15, -0.1) is 0 Å². The predicted octanol–water partition coefficient (Wildman–Crippen LogP) is 1.75. The molecule has 0 saturated heterocycles. The number of fused-ring (bicyclic) bond motifs is 1. The minimum absolute atomic E-state index is 0.414. The molecule has 1 unspecified atom stereocenters. The average Bonchev–Trinajstić information content (AvgIpc) is 2.29. The third-order valence-corrected chi connectivity index (χ3v) is 3.31. The molecule has 1 aliphatic rings. The molecule has 0 saturated carbocycles. The van der Waals surface area contributed by atoms with E-state index in [1.54, 1.807) is 0 Å². The first kappa shape index (κ1) is 12.6. The van der Waals surface area contributed by atoms with E-state index in [2.05, 4.69) is 19.0 Å². The minimum atomic E-state index is -0.801. The van der Waals surface area contributed by atoms with Crippen LogP contribution in [0.25, 0.3) is 0 Å². The van der Waals surface area contributed by atoms with E-state index < -0.39 is 5.60 Å². The molecule has 0 amide bonds. The van der Waals surface area contributed by atoms with E-state index in [4.69, 9.17) is 4.74 Å². The lowest BCUT2D eigenvalue weighted by molar-refractivity contribution is -0.0794. The standard InChI is InChI=1S/C14H21NO2/c1-15(2)9-5-8-14(16)11-17-10-12-6-3-4-7-13(12)14/h3-4,6-7,16H,5,8-11H2,1-2H3. The summed E-state index contributed by atoms with van der Waals surface area (Å²) in [7, 11) is 4.10. The van der Waals surface area contributed by atoms with Crippen LogP contribution in [0.1, 0.15) is 24.0 Å². The van der Waals surface area contributed by atoms with Crippen molar-refractivity contribution in [1.82, 2.24) is 4.90 Å². The molecular formula is C14H21NO2. The Morgan fingerprint density at radius 2 is 2.12 bits per heavy atom. The van der Waals surface area contributed by atoms with Gasteiger partial charge in [-0.2, -0.15) is 0 Å². The van der Waals surface area contributed by atoms with E-state index in [1.165, 1.54) is 0 Å². The number of nitrogens with zero attached hydrogens (tertiary/aromatic N) is 1. The van der Waals surface area contributed by atoms with Crippen LogP contribution in [0.3, 0.4) is 0 Å². The first-order valence-electron chi connectivity index (χ1n) is 6.15. The van der Waals surface area contributed by atoms with Crippen LogP contribution in [0, 0.1) is 0 Å². The number of benzene rings is 1. The molecule has 0 fully saturated rings. The Hall–Kier alpha value is -0.900. The highest BCUT2D eigenvalue weighted by Crippen LogP contribution is 2.33. The summed E-state index contributed by atoms with van der Waals surface area (Å²) < 4.78 is 5.51. The second-order valence-corrected chi connectivity index (χ2v) is 5.09. The van der Waals surface area contributed by atoms with Gasteiger partial charge in [0.1, 0.15) is 5.60 Å². The van der Waals surface area contributed by atoms with Gasteiger partial charge in [-0.25, -0.2) is 0 Å². The number of hydrogen-bond acceptors (Lipinski definition) is 3. The summed E-state index contributed by atoms with van der Waals surface area (Å²) in [5.74, 6) is 0. The van der Waals surface area contributed by atoms with Gasteiger partial charge >= 0.3 is 0 Å². The molecule has 0 bridgehead atoms. The van der Waals surface area contributed by atoms with Gasteiger partial charge in [-0.05, 0) is 44.6 Å². The zero-order valence-corrected chi connectivity index (χ0v) is 10.6. The van der Waals surface area contributed by atoms with Crippen LogP contribution in [-0.4, -0.2) is 37.3 Å². The molecular weight excluding hydrogens is 214 g/mol. The van der Waals surface area contributed by atoms with E-state index in [0.717, 1.165) is 30.5 Å². The molecule has 0 aromatic heterocycles. The van der Waals surface area contributed by atoms with E-state index in [0.29, 0.717) is 13.2 Å². The summed E-state index contributed by atoms with van der Waals surface area (Å²) in [5, 5.41) is 10.7. The van der Waals surface area contributed by atoms with E-state index in [1.807, 2.05) is 24.3 Å². The average molecular weight is 235 g/mol. The van der Waals surface area contributed by atoms with Crippen molar-refractivity contribution in [2.45, 2.75) is 25.0 Å². The summed E-state index contributed by atoms with van der Waals surface area (Å²) in [6.45, 7) is 2.02. The Labute approximate surface area is 103 Å².